The van der Waals surface area contributed by atoms with Crippen molar-refractivity contribution in [3.05, 3.63) is 11.6 Å². The predicted octanol–water partition coefficient (Wildman–Crippen LogP) is 3.16. The van der Waals surface area contributed by atoms with Crippen LogP contribution in [0.3, 0.4) is 0 Å². The van der Waals surface area contributed by atoms with Crippen LogP contribution in [0.15, 0.2) is 11.6 Å². The molecule has 3 atom stereocenters. The molecule has 1 nitrogen and oxygen atoms in total. The largest absolute Gasteiger partial charge is 0.375 e. The number of hydrogen-bond donors (Lipinski definition) is 0. The van der Waals surface area contributed by atoms with Gasteiger partial charge in [-0.15, -0.1) is 0 Å². The molecule has 0 aliphatic heterocycles. The van der Waals surface area contributed by atoms with E-state index in [-0.39, 0.29) is 0 Å². The normalized spacial score (nSPS) is 40.9. The Hall–Kier alpha value is -0.300. The van der Waals surface area contributed by atoms with Gasteiger partial charge in [0.1, 0.15) is 0 Å². The third-order valence-electron chi connectivity index (χ3n) is 3.42. The Morgan fingerprint density at radius 3 is 2.69 bits per heavy atom. The molecule has 0 aromatic carbocycles. The van der Waals surface area contributed by atoms with E-state index in [9.17, 15) is 0 Å². The molecule has 2 rings (SSSR count). The lowest BCUT2D eigenvalue weighted by Gasteiger charge is -2.26. The fourth-order valence-corrected chi connectivity index (χ4v) is 2.97. The highest BCUT2D eigenvalue weighted by atomic mass is 16.5. The third kappa shape index (κ3) is 1.67. The summed E-state index contributed by atoms with van der Waals surface area (Å²) in [6.07, 6.45) is 7.27. The van der Waals surface area contributed by atoms with Crippen LogP contribution in [-0.4, -0.2) is 12.2 Å². The van der Waals surface area contributed by atoms with E-state index in [1.807, 2.05) is 0 Å². The monoisotopic (exact) mass is 180 g/mol. The quantitative estimate of drug-likeness (QED) is 0.593. The van der Waals surface area contributed by atoms with Gasteiger partial charge in [0.25, 0.3) is 0 Å². The third-order valence-corrected chi connectivity index (χ3v) is 3.42. The van der Waals surface area contributed by atoms with Crippen molar-refractivity contribution in [1.29, 1.82) is 0 Å². The Morgan fingerprint density at radius 1 is 1.38 bits per heavy atom. The topological polar surface area (TPSA) is 9.23 Å². The van der Waals surface area contributed by atoms with Crippen LogP contribution in [0.4, 0.5) is 0 Å². The number of hydrogen-bond acceptors (Lipinski definition) is 1. The highest BCUT2D eigenvalue weighted by Gasteiger charge is 2.43. The molecular weight excluding hydrogens is 160 g/mol. The lowest BCUT2D eigenvalue weighted by Crippen LogP contribution is -2.25. The van der Waals surface area contributed by atoms with Crippen LogP contribution >= 0.6 is 0 Å². The van der Waals surface area contributed by atoms with Gasteiger partial charge in [-0.3, -0.25) is 0 Å². The Kier molecular flexibility index (Phi) is 2.46. The lowest BCUT2D eigenvalue weighted by molar-refractivity contribution is -0.0116. The van der Waals surface area contributed by atoms with Gasteiger partial charge >= 0.3 is 0 Å². The molecule has 1 heteroatoms. The molecule has 0 heterocycles. The minimum Gasteiger partial charge on any atom is -0.375 e. The van der Waals surface area contributed by atoms with Gasteiger partial charge in [0.2, 0.25) is 0 Å². The Labute approximate surface area is 81.2 Å². The van der Waals surface area contributed by atoms with E-state index < -0.39 is 0 Å². The molecule has 0 amide bonds. The fraction of sp³-hybridized carbons (Fsp3) is 0.833. The zero-order chi connectivity index (χ0) is 9.42. The molecule has 0 spiro atoms. The molecule has 0 radical (unpaired) electrons. The van der Waals surface area contributed by atoms with Crippen molar-refractivity contribution >= 4 is 0 Å². The first-order chi connectivity index (χ1) is 6.20. The van der Waals surface area contributed by atoms with Crippen LogP contribution in [0, 0.1) is 11.8 Å². The fourth-order valence-electron chi connectivity index (χ4n) is 2.97. The molecular formula is C12H20O. The maximum atomic E-state index is 5.94. The van der Waals surface area contributed by atoms with Crippen molar-refractivity contribution in [3.63, 3.8) is 0 Å². The van der Waals surface area contributed by atoms with Crippen molar-refractivity contribution in [2.24, 2.45) is 11.8 Å². The summed E-state index contributed by atoms with van der Waals surface area (Å²) in [7, 11) is 0. The molecule has 3 unspecified atom stereocenters. The maximum Gasteiger partial charge on any atom is 0.0646 e. The van der Waals surface area contributed by atoms with Gasteiger partial charge in [0.15, 0.2) is 0 Å². The smallest absolute Gasteiger partial charge is 0.0646 e. The second-order valence-electron chi connectivity index (χ2n) is 4.73. The van der Waals surface area contributed by atoms with Crippen LogP contribution in [0.5, 0.6) is 0 Å². The summed E-state index contributed by atoms with van der Waals surface area (Å²) in [5, 5.41) is 0. The Balaban J connectivity index is 2.02. The first-order valence-electron chi connectivity index (χ1n) is 5.51. The van der Waals surface area contributed by atoms with E-state index >= 15 is 0 Å². The zero-order valence-corrected chi connectivity index (χ0v) is 8.92. The van der Waals surface area contributed by atoms with Crippen LogP contribution in [0.2, 0.25) is 0 Å². The van der Waals surface area contributed by atoms with E-state index in [2.05, 4.69) is 26.8 Å². The van der Waals surface area contributed by atoms with Gasteiger partial charge in [0.05, 0.1) is 12.2 Å². The zero-order valence-electron chi connectivity index (χ0n) is 8.92. The standard InChI is InChI=1S/C12H20O/c1-4-10-5-9-6-11(10)12(7-9)13-8(2)3/h4,8-9,11-12H,5-7H2,1-3H3/b10-4+. The molecule has 0 aromatic heterocycles. The van der Waals surface area contributed by atoms with Gasteiger partial charge in [-0.1, -0.05) is 11.6 Å². The molecule has 74 valence electrons. The number of ether oxygens (including phenoxy) is 1. The van der Waals surface area contributed by atoms with Crippen molar-refractivity contribution in [2.45, 2.75) is 52.2 Å². The SMILES string of the molecule is C/C=C1\CC2CC(OC(C)C)C1C2. The predicted molar refractivity (Wildman–Crippen MR) is 54.6 cm³/mol. The van der Waals surface area contributed by atoms with Gasteiger partial charge in [-0.2, -0.15) is 0 Å². The van der Waals surface area contributed by atoms with Crippen molar-refractivity contribution < 1.29 is 4.74 Å². The highest BCUT2D eigenvalue weighted by Crippen LogP contribution is 2.49. The molecule has 0 aromatic rings. The van der Waals surface area contributed by atoms with E-state index in [1.165, 1.54) is 19.3 Å². The Bertz CT molecular complexity index is 217. The molecule has 0 N–H and O–H groups in total. The second kappa shape index (κ2) is 3.45. The van der Waals surface area contributed by atoms with E-state index in [0.29, 0.717) is 12.2 Å². The van der Waals surface area contributed by atoms with Crippen LogP contribution in [0.1, 0.15) is 40.0 Å². The molecule has 0 saturated heterocycles. The first kappa shape index (κ1) is 9.26. The molecule has 2 fully saturated rings. The minimum atomic E-state index is 0.391. The number of rotatable bonds is 2. The van der Waals surface area contributed by atoms with E-state index in [0.717, 1.165) is 11.8 Å². The summed E-state index contributed by atoms with van der Waals surface area (Å²) in [6.45, 7) is 6.45. The van der Waals surface area contributed by atoms with Crippen LogP contribution in [-0.2, 0) is 4.74 Å². The Morgan fingerprint density at radius 2 is 2.15 bits per heavy atom. The number of allylic oxidation sites excluding steroid dienone is 1. The highest BCUT2D eigenvalue weighted by molar-refractivity contribution is 5.18. The summed E-state index contributed by atoms with van der Waals surface area (Å²) < 4.78 is 5.94. The number of fused-ring (bicyclic) bond motifs is 2. The lowest BCUT2D eigenvalue weighted by atomic mass is 9.92. The van der Waals surface area contributed by atoms with Gasteiger partial charge in [0, 0.05) is 5.92 Å². The average Bonchev–Trinajstić information content (AvgIpc) is 2.60. The van der Waals surface area contributed by atoms with Crippen molar-refractivity contribution in [3.8, 4) is 0 Å². The second-order valence-corrected chi connectivity index (χ2v) is 4.73. The van der Waals surface area contributed by atoms with Gasteiger partial charge in [-0.05, 0) is 46.0 Å². The molecule has 2 aliphatic carbocycles. The van der Waals surface area contributed by atoms with E-state index in [4.69, 9.17) is 4.74 Å². The van der Waals surface area contributed by atoms with E-state index in [1.54, 1.807) is 5.57 Å². The summed E-state index contributed by atoms with van der Waals surface area (Å²) in [6, 6.07) is 0. The molecule has 13 heavy (non-hydrogen) atoms. The van der Waals surface area contributed by atoms with Crippen LogP contribution in [0.25, 0.3) is 0 Å². The molecule has 2 aliphatic rings. The summed E-state index contributed by atoms with van der Waals surface area (Å²) >= 11 is 0. The summed E-state index contributed by atoms with van der Waals surface area (Å²) in [5.41, 5.74) is 1.65. The molecule has 2 bridgehead atoms. The summed E-state index contributed by atoms with van der Waals surface area (Å²) in [4.78, 5) is 0. The van der Waals surface area contributed by atoms with Crippen LogP contribution < -0.4 is 0 Å². The molecule has 2 saturated carbocycles. The summed E-state index contributed by atoms with van der Waals surface area (Å²) in [5.74, 6) is 1.69. The van der Waals surface area contributed by atoms with Gasteiger partial charge < -0.3 is 4.74 Å². The maximum absolute atomic E-state index is 5.94. The first-order valence-corrected chi connectivity index (χ1v) is 5.51. The minimum absolute atomic E-state index is 0.391. The van der Waals surface area contributed by atoms with Crippen molar-refractivity contribution in [1.82, 2.24) is 0 Å². The van der Waals surface area contributed by atoms with Gasteiger partial charge in [-0.25, -0.2) is 0 Å². The van der Waals surface area contributed by atoms with Crippen molar-refractivity contribution in [2.75, 3.05) is 0 Å². The average molecular weight is 180 g/mol.